The molecule has 1 saturated carbocycles. The van der Waals surface area contributed by atoms with Gasteiger partial charge < -0.3 is 4.98 Å². The van der Waals surface area contributed by atoms with E-state index in [9.17, 15) is 9.59 Å². The summed E-state index contributed by atoms with van der Waals surface area (Å²) in [7, 11) is 0. The summed E-state index contributed by atoms with van der Waals surface area (Å²) >= 11 is 0. The molecule has 1 aliphatic carbocycles. The van der Waals surface area contributed by atoms with Gasteiger partial charge in [0.1, 0.15) is 5.65 Å². The topological polar surface area (TPSA) is 66.1 Å². The third kappa shape index (κ3) is 3.35. The minimum atomic E-state index is -0.168. The van der Waals surface area contributed by atoms with Gasteiger partial charge in [0.15, 0.2) is 0 Å². The molecule has 164 valence electrons. The highest BCUT2D eigenvalue weighted by molar-refractivity contribution is 6.09. The largest absolute Gasteiger partial charge is 0.339 e. The minimum Gasteiger partial charge on any atom is -0.339 e. The number of nitrogens with one attached hydrogen (secondary N) is 1. The molecular formula is C28H25N3O2. The zero-order valence-electron chi connectivity index (χ0n) is 18.5. The predicted octanol–water partition coefficient (Wildman–Crippen LogP) is 5.82. The Labute approximate surface area is 192 Å². The van der Waals surface area contributed by atoms with Gasteiger partial charge >= 0.3 is 0 Å². The monoisotopic (exact) mass is 435 g/mol. The number of hydrogen-bond donors (Lipinski definition) is 1. The molecule has 2 unspecified atom stereocenters. The third-order valence-electron chi connectivity index (χ3n) is 7.14. The number of aromatic amines is 1. The first-order chi connectivity index (χ1) is 16.1. The van der Waals surface area contributed by atoms with Crippen LogP contribution in [0.15, 0.2) is 66.9 Å². The third-order valence-corrected chi connectivity index (χ3v) is 7.14. The number of carbonyl (C=O) groups is 2. The number of pyridine rings is 1. The Kier molecular flexibility index (Phi) is 4.64. The molecule has 0 bridgehead atoms. The zero-order chi connectivity index (χ0) is 22.5. The summed E-state index contributed by atoms with van der Waals surface area (Å²) < 4.78 is 0. The maximum Gasteiger partial charge on any atom is 0.261 e. The van der Waals surface area contributed by atoms with E-state index in [4.69, 9.17) is 0 Å². The molecule has 1 N–H and O–H groups in total. The second-order valence-electron chi connectivity index (χ2n) is 9.39. The lowest BCUT2D eigenvalue weighted by atomic mass is 9.97. The molecule has 2 amide bonds. The number of H-pyrrole nitrogens is 1. The Hall–Kier alpha value is -3.73. The van der Waals surface area contributed by atoms with E-state index in [1.54, 1.807) is 0 Å². The van der Waals surface area contributed by atoms with Gasteiger partial charge in [0.25, 0.3) is 5.91 Å². The molecule has 0 saturated heterocycles. The maximum absolute atomic E-state index is 13.1. The van der Waals surface area contributed by atoms with Gasteiger partial charge in [0, 0.05) is 34.3 Å². The van der Waals surface area contributed by atoms with Gasteiger partial charge in [0.05, 0.1) is 6.54 Å². The summed E-state index contributed by atoms with van der Waals surface area (Å²) in [5.74, 6) is 0.335. The smallest absolute Gasteiger partial charge is 0.261 e. The van der Waals surface area contributed by atoms with Crippen molar-refractivity contribution in [2.75, 3.05) is 0 Å². The van der Waals surface area contributed by atoms with Crippen molar-refractivity contribution >= 4 is 22.8 Å². The first kappa shape index (κ1) is 19.9. The van der Waals surface area contributed by atoms with Crippen LogP contribution in [0.4, 0.5) is 0 Å². The van der Waals surface area contributed by atoms with Crippen LogP contribution in [0.2, 0.25) is 0 Å². The van der Waals surface area contributed by atoms with Crippen molar-refractivity contribution in [2.24, 2.45) is 11.8 Å². The van der Waals surface area contributed by atoms with E-state index >= 15 is 0 Å². The fourth-order valence-electron chi connectivity index (χ4n) is 5.37. The molecule has 3 heterocycles. The van der Waals surface area contributed by atoms with Gasteiger partial charge in [-0.3, -0.25) is 14.5 Å². The van der Waals surface area contributed by atoms with Gasteiger partial charge in [-0.05, 0) is 60.1 Å². The van der Waals surface area contributed by atoms with Gasteiger partial charge in [-0.2, -0.15) is 0 Å². The van der Waals surface area contributed by atoms with Crippen molar-refractivity contribution in [2.45, 2.75) is 32.7 Å². The van der Waals surface area contributed by atoms with Crippen LogP contribution in [0, 0.1) is 11.8 Å². The molecular weight excluding hydrogens is 410 g/mol. The van der Waals surface area contributed by atoms with Gasteiger partial charge in [-0.1, -0.05) is 49.4 Å². The highest BCUT2D eigenvalue weighted by atomic mass is 16.2. The minimum absolute atomic E-state index is 0.0155. The summed E-state index contributed by atoms with van der Waals surface area (Å²) in [6.45, 7) is 2.52. The fraction of sp³-hybridized carbons (Fsp3) is 0.250. The van der Waals surface area contributed by atoms with Crippen LogP contribution in [0.1, 0.15) is 42.1 Å². The number of fused-ring (bicyclic) bond motifs is 2. The van der Waals surface area contributed by atoms with Crippen LogP contribution >= 0.6 is 0 Å². The van der Waals surface area contributed by atoms with Crippen molar-refractivity contribution in [3.8, 4) is 22.4 Å². The number of hydrogen-bond acceptors (Lipinski definition) is 3. The molecule has 4 aromatic rings. The van der Waals surface area contributed by atoms with E-state index in [2.05, 4.69) is 41.2 Å². The maximum atomic E-state index is 13.1. The predicted molar refractivity (Wildman–Crippen MR) is 128 cm³/mol. The van der Waals surface area contributed by atoms with Crippen LogP contribution in [-0.2, 0) is 11.3 Å². The average molecular weight is 436 g/mol. The van der Waals surface area contributed by atoms with Crippen molar-refractivity contribution in [3.63, 3.8) is 0 Å². The first-order valence-electron chi connectivity index (χ1n) is 11.6. The van der Waals surface area contributed by atoms with E-state index < -0.39 is 0 Å². The molecule has 0 spiro atoms. The van der Waals surface area contributed by atoms with Crippen LogP contribution in [-0.4, -0.2) is 26.7 Å². The SMILES string of the molecule is CC1CCC(C(=O)N2Cc3c(cccc3-c3cnc4[nH]c(-c5ccccc5)cc4c3)C2=O)C1. The van der Waals surface area contributed by atoms with Crippen LogP contribution in [0.25, 0.3) is 33.4 Å². The van der Waals surface area contributed by atoms with Gasteiger partial charge in [0.2, 0.25) is 5.91 Å². The number of benzene rings is 2. The molecule has 5 nitrogen and oxygen atoms in total. The molecule has 2 aromatic heterocycles. The zero-order valence-corrected chi connectivity index (χ0v) is 18.5. The van der Waals surface area contributed by atoms with E-state index in [1.165, 1.54) is 4.90 Å². The van der Waals surface area contributed by atoms with Crippen molar-refractivity contribution in [1.29, 1.82) is 0 Å². The molecule has 0 radical (unpaired) electrons. The number of carbonyl (C=O) groups excluding carboxylic acids is 2. The molecule has 2 aromatic carbocycles. The average Bonchev–Trinajstić information content (AvgIpc) is 3.56. The Morgan fingerprint density at radius 2 is 1.82 bits per heavy atom. The van der Waals surface area contributed by atoms with E-state index in [-0.39, 0.29) is 17.7 Å². The normalized spacial score (nSPS) is 19.9. The van der Waals surface area contributed by atoms with E-state index in [0.717, 1.165) is 58.2 Å². The summed E-state index contributed by atoms with van der Waals surface area (Å²) in [5, 5.41) is 1.01. The van der Waals surface area contributed by atoms with Gasteiger partial charge in [-0.15, -0.1) is 0 Å². The molecule has 1 aliphatic heterocycles. The highest BCUT2D eigenvalue weighted by Crippen LogP contribution is 2.37. The number of rotatable bonds is 3. The Bertz CT molecular complexity index is 1390. The number of imide groups is 1. The summed E-state index contributed by atoms with van der Waals surface area (Å²) in [6.07, 6.45) is 4.66. The van der Waals surface area contributed by atoms with Crippen molar-refractivity contribution in [3.05, 3.63) is 78.0 Å². The summed E-state index contributed by atoms with van der Waals surface area (Å²) in [4.78, 5) is 35.7. The Balaban J connectivity index is 1.35. The Morgan fingerprint density at radius 3 is 2.61 bits per heavy atom. The van der Waals surface area contributed by atoms with E-state index in [1.807, 2.05) is 42.6 Å². The highest BCUT2D eigenvalue weighted by Gasteiger charge is 2.38. The molecule has 33 heavy (non-hydrogen) atoms. The van der Waals surface area contributed by atoms with Crippen LogP contribution in [0.5, 0.6) is 0 Å². The lowest BCUT2D eigenvalue weighted by molar-refractivity contribution is -0.132. The van der Waals surface area contributed by atoms with Crippen molar-refractivity contribution in [1.82, 2.24) is 14.9 Å². The molecule has 2 aliphatic rings. The standard InChI is InChI=1S/C28H25N3O2/c1-17-10-11-19(12-17)27(32)31-16-24-22(8-5-9-23(24)28(31)33)21-13-20-14-25(30-26(20)29-15-21)18-6-3-2-4-7-18/h2-9,13-15,17,19H,10-12,16H2,1H3,(H,29,30). The molecule has 6 rings (SSSR count). The molecule has 2 atom stereocenters. The van der Waals surface area contributed by atoms with Gasteiger partial charge in [-0.25, -0.2) is 4.98 Å². The molecule has 5 heteroatoms. The summed E-state index contributed by atoms with van der Waals surface area (Å²) in [6, 6.07) is 20.1. The van der Waals surface area contributed by atoms with Crippen LogP contribution < -0.4 is 0 Å². The Morgan fingerprint density at radius 1 is 1.00 bits per heavy atom. The van der Waals surface area contributed by atoms with Crippen LogP contribution in [0.3, 0.4) is 0 Å². The molecule has 1 fully saturated rings. The number of aromatic nitrogens is 2. The number of amides is 2. The quantitative estimate of drug-likeness (QED) is 0.413. The second-order valence-corrected chi connectivity index (χ2v) is 9.39. The second kappa shape index (κ2) is 7.69. The van der Waals surface area contributed by atoms with E-state index in [0.29, 0.717) is 18.0 Å². The fourth-order valence-corrected chi connectivity index (χ4v) is 5.37. The first-order valence-corrected chi connectivity index (χ1v) is 11.6. The lowest BCUT2D eigenvalue weighted by Gasteiger charge is -2.18. The number of nitrogens with zero attached hydrogens (tertiary/aromatic N) is 2. The summed E-state index contributed by atoms with van der Waals surface area (Å²) in [5.41, 5.74) is 6.42. The lowest BCUT2D eigenvalue weighted by Crippen LogP contribution is -2.35. The van der Waals surface area contributed by atoms with Crippen molar-refractivity contribution < 1.29 is 9.59 Å².